The van der Waals surface area contributed by atoms with E-state index < -0.39 is 0 Å². The van der Waals surface area contributed by atoms with Gasteiger partial charge in [-0.05, 0) is 18.2 Å². The van der Waals surface area contributed by atoms with Gasteiger partial charge in [-0.2, -0.15) is 4.39 Å². The second kappa shape index (κ2) is 8.09. The predicted octanol–water partition coefficient (Wildman–Crippen LogP) is 3.62. The number of nitrogens with one attached hydrogen (secondary N) is 1. The zero-order valence-electron chi connectivity index (χ0n) is 11.3. The topological polar surface area (TPSA) is 30.5 Å². The van der Waals surface area contributed by atoms with Crippen LogP contribution in [-0.2, 0) is 13.1 Å². The van der Waals surface area contributed by atoms with Crippen LogP contribution in [-0.4, -0.2) is 14.2 Å². The lowest BCUT2D eigenvalue weighted by molar-refractivity contribution is 0.350. The van der Waals surface area contributed by atoms with Crippen LogP contribution in [0, 0.1) is 5.13 Å². The summed E-state index contributed by atoms with van der Waals surface area (Å²) >= 11 is 1.16. The van der Waals surface area contributed by atoms with Crippen LogP contribution in [0.25, 0.3) is 0 Å². The molecule has 110 valence electrons. The summed E-state index contributed by atoms with van der Waals surface area (Å²) < 4.78 is 23.4. The average molecular weight is 318 g/mol. The minimum atomic E-state index is -0.157. The standard InChI is InChI=1S/C14H16FNO2S.ClH/c1-17-12-5-3-4-10(14(12)18-2)8-16-9-11-6-7-13(15)19-11;/h3-7,16H,8-9H2,1-2H3;1H. The summed E-state index contributed by atoms with van der Waals surface area (Å²) in [6.45, 7) is 1.27. The molecule has 0 unspecified atom stereocenters. The van der Waals surface area contributed by atoms with E-state index in [0.29, 0.717) is 18.8 Å². The minimum absolute atomic E-state index is 0. The molecule has 1 N–H and O–H groups in total. The van der Waals surface area contributed by atoms with Crippen LogP contribution in [0.1, 0.15) is 10.4 Å². The third-order valence-electron chi connectivity index (χ3n) is 2.73. The van der Waals surface area contributed by atoms with Gasteiger partial charge in [0.05, 0.1) is 14.2 Å². The summed E-state index contributed by atoms with van der Waals surface area (Å²) in [5.74, 6) is 1.44. The van der Waals surface area contributed by atoms with E-state index in [9.17, 15) is 4.39 Å². The fraction of sp³-hybridized carbons (Fsp3) is 0.286. The first-order valence-corrected chi connectivity index (χ1v) is 6.71. The maximum Gasteiger partial charge on any atom is 0.176 e. The lowest BCUT2D eigenvalue weighted by atomic mass is 10.2. The zero-order valence-corrected chi connectivity index (χ0v) is 12.9. The summed E-state index contributed by atoms with van der Waals surface area (Å²) in [6.07, 6.45) is 0. The lowest BCUT2D eigenvalue weighted by Crippen LogP contribution is -2.12. The van der Waals surface area contributed by atoms with Crippen molar-refractivity contribution in [1.82, 2.24) is 5.32 Å². The van der Waals surface area contributed by atoms with Crippen molar-refractivity contribution in [2.24, 2.45) is 0 Å². The Morgan fingerprint density at radius 1 is 1.10 bits per heavy atom. The van der Waals surface area contributed by atoms with Crippen molar-refractivity contribution in [3.63, 3.8) is 0 Å². The van der Waals surface area contributed by atoms with Gasteiger partial charge in [0.2, 0.25) is 0 Å². The molecule has 1 aromatic heterocycles. The quantitative estimate of drug-likeness (QED) is 0.882. The van der Waals surface area contributed by atoms with Gasteiger partial charge in [-0.1, -0.05) is 12.1 Å². The molecule has 0 bridgehead atoms. The molecule has 6 heteroatoms. The first kappa shape index (κ1) is 16.8. The number of ether oxygens (including phenoxy) is 2. The van der Waals surface area contributed by atoms with E-state index in [-0.39, 0.29) is 17.5 Å². The Hall–Kier alpha value is -1.30. The van der Waals surface area contributed by atoms with Crippen molar-refractivity contribution < 1.29 is 13.9 Å². The first-order chi connectivity index (χ1) is 9.24. The van der Waals surface area contributed by atoms with Gasteiger partial charge in [0.1, 0.15) is 0 Å². The van der Waals surface area contributed by atoms with E-state index in [2.05, 4.69) is 5.32 Å². The molecule has 0 spiro atoms. The van der Waals surface area contributed by atoms with Crippen molar-refractivity contribution in [3.05, 3.63) is 45.9 Å². The number of hydrogen-bond donors (Lipinski definition) is 1. The summed E-state index contributed by atoms with van der Waals surface area (Å²) in [7, 11) is 3.24. The van der Waals surface area contributed by atoms with E-state index in [1.807, 2.05) is 18.2 Å². The number of benzene rings is 1. The van der Waals surface area contributed by atoms with Gasteiger partial charge in [-0.15, -0.1) is 23.7 Å². The van der Waals surface area contributed by atoms with E-state index in [4.69, 9.17) is 9.47 Å². The zero-order chi connectivity index (χ0) is 13.7. The largest absolute Gasteiger partial charge is 0.493 e. The molecule has 20 heavy (non-hydrogen) atoms. The van der Waals surface area contributed by atoms with Crippen LogP contribution < -0.4 is 14.8 Å². The average Bonchev–Trinajstić information content (AvgIpc) is 2.84. The molecular formula is C14H17ClFNO2S. The molecule has 2 aromatic rings. The van der Waals surface area contributed by atoms with Crippen LogP contribution in [0.3, 0.4) is 0 Å². The van der Waals surface area contributed by atoms with Crippen LogP contribution >= 0.6 is 23.7 Å². The summed E-state index contributed by atoms with van der Waals surface area (Å²) in [5.41, 5.74) is 1.01. The first-order valence-electron chi connectivity index (χ1n) is 5.89. The molecule has 0 atom stereocenters. The Morgan fingerprint density at radius 2 is 1.90 bits per heavy atom. The minimum Gasteiger partial charge on any atom is -0.493 e. The maximum absolute atomic E-state index is 12.8. The normalized spacial score (nSPS) is 9.95. The SMILES string of the molecule is COc1cccc(CNCc2ccc(F)s2)c1OC.Cl. The second-order valence-electron chi connectivity index (χ2n) is 3.96. The lowest BCUT2D eigenvalue weighted by Gasteiger charge is -2.12. The summed E-state index contributed by atoms with van der Waals surface area (Å²) in [5, 5.41) is 3.11. The van der Waals surface area contributed by atoms with Gasteiger partial charge < -0.3 is 14.8 Å². The molecule has 0 aliphatic rings. The molecule has 0 amide bonds. The predicted molar refractivity (Wildman–Crippen MR) is 81.6 cm³/mol. The van der Waals surface area contributed by atoms with Crippen LogP contribution in [0.15, 0.2) is 30.3 Å². The van der Waals surface area contributed by atoms with E-state index >= 15 is 0 Å². The number of para-hydroxylation sites is 1. The summed E-state index contributed by atoms with van der Waals surface area (Å²) in [6, 6.07) is 9.02. The van der Waals surface area contributed by atoms with Crippen molar-refractivity contribution in [2.75, 3.05) is 14.2 Å². The van der Waals surface area contributed by atoms with Gasteiger partial charge in [-0.25, -0.2) is 0 Å². The smallest absolute Gasteiger partial charge is 0.176 e. The number of thiophene rings is 1. The molecule has 1 heterocycles. The fourth-order valence-corrected chi connectivity index (χ4v) is 2.56. The van der Waals surface area contributed by atoms with E-state index in [1.54, 1.807) is 20.3 Å². The fourth-order valence-electron chi connectivity index (χ4n) is 1.86. The molecule has 2 rings (SSSR count). The molecule has 0 saturated heterocycles. The monoisotopic (exact) mass is 317 g/mol. The van der Waals surface area contributed by atoms with E-state index in [1.165, 1.54) is 6.07 Å². The van der Waals surface area contributed by atoms with Crippen LogP contribution in [0.4, 0.5) is 4.39 Å². The van der Waals surface area contributed by atoms with Crippen LogP contribution in [0.2, 0.25) is 0 Å². The molecule has 0 aliphatic carbocycles. The maximum atomic E-state index is 12.8. The third-order valence-corrected chi connectivity index (χ3v) is 3.60. The molecule has 0 fully saturated rings. The molecule has 0 radical (unpaired) electrons. The highest BCUT2D eigenvalue weighted by atomic mass is 35.5. The van der Waals surface area contributed by atoms with Gasteiger partial charge in [0.25, 0.3) is 0 Å². The number of rotatable bonds is 6. The van der Waals surface area contributed by atoms with Gasteiger partial charge in [0.15, 0.2) is 16.6 Å². The number of hydrogen-bond acceptors (Lipinski definition) is 4. The molecule has 0 saturated carbocycles. The Bertz CT molecular complexity index is 548. The Kier molecular flexibility index (Phi) is 6.78. The van der Waals surface area contributed by atoms with Crippen molar-refractivity contribution in [2.45, 2.75) is 13.1 Å². The van der Waals surface area contributed by atoms with Crippen molar-refractivity contribution >= 4 is 23.7 Å². The van der Waals surface area contributed by atoms with Gasteiger partial charge in [-0.3, -0.25) is 0 Å². The van der Waals surface area contributed by atoms with E-state index in [0.717, 1.165) is 27.5 Å². The highest BCUT2D eigenvalue weighted by Gasteiger charge is 2.09. The second-order valence-corrected chi connectivity index (χ2v) is 5.08. The van der Waals surface area contributed by atoms with Crippen molar-refractivity contribution in [3.8, 4) is 11.5 Å². The summed E-state index contributed by atoms with van der Waals surface area (Å²) in [4.78, 5) is 0.972. The van der Waals surface area contributed by atoms with Gasteiger partial charge >= 0.3 is 0 Å². The van der Waals surface area contributed by atoms with Crippen molar-refractivity contribution in [1.29, 1.82) is 0 Å². The molecule has 3 nitrogen and oxygen atoms in total. The Morgan fingerprint density at radius 3 is 2.50 bits per heavy atom. The highest BCUT2D eigenvalue weighted by Crippen LogP contribution is 2.30. The Labute approximate surface area is 128 Å². The molecule has 0 aliphatic heterocycles. The number of halogens is 2. The number of methoxy groups -OCH3 is 2. The van der Waals surface area contributed by atoms with Crippen LogP contribution in [0.5, 0.6) is 11.5 Å². The Balaban J connectivity index is 0.00000200. The molecular weight excluding hydrogens is 301 g/mol. The third kappa shape index (κ3) is 4.10. The van der Waals surface area contributed by atoms with Gasteiger partial charge in [0, 0.05) is 23.5 Å². The highest BCUT2D eigenvalue weighted by molar-refractivity contribution is 7.10. The molecule has 1 aromatic carbocycles.